The molecular formula is C13H20O4. The molecule has 0 unspecified atom stereocenters. The van der Waals surface area contributed by atoms with Gasteiger partial charge in [-0.25, -0.2) is 9.59 Å². The normalized spacial score (nSPS) is 9.53. The number of hydrogen-bond acceptors (Lipinski definition) is 4. The van der Waals surface area contributed by atoms with Crippen LogP contribution >= 0.6 is 0 Å². The maximum Gasteiger partial charge on any atom is 0.333 e. The number of esters is 2. The van der Waals surface area contributed by atoms with Gasteiger partial charge in [0.05, 0.1) is 13.2 Å². The summed E-state index contributed by atoms with van der Waals surface area (Å²) in [6.07, 6.45) is 1.63. The quantitative estimate of drug-likeness (QED) is 0.483. The lowest BCUT2D eigenvalue weighted by Crippen LogP contribution is -2.08. The van der Waals surface area contributed by atoms with Crippen LogP contribution in [0, 0.1) is 0 Å². The van der Waals surface area contributed by atoms with Crippen LogP contribution in [0.4, 0.5) is 0 Å². The van der Waals surface area contributed by atoms with Gasteiger partial charge in [-0.15, -0.1) is 0 Å². The molecule has 0 heterocycles. The van der Waals surface area contributed by atoms with Gasteiger partial charge in [-0.3, -0.25) is 0 Å². The maximum atomic E-state index is 11.2. The van der Waals surface area contributed by atoms with Crippen LogP contribution in [-0.2, 0) is 19.1 Å². The number of hydrogen-bond donors (Lipinski definition) is 0. The predicted octanol–water partition coefficient (Wildman–Crippen LogP) is 2.40. The summed E-state index contributed by atoms with van der Waals surface area (Å²) in [7, 11) is 0. The molecule has 0 spiro atoms. The summed E-state index contributed by atoms with van der Waals surface area (Å²) in [6, 6.07) is 0. The summed E-state index contributed by atoms with van der Waals surface area (Å²) < 4.78 is 9.59. The average molecular weight is 240 g/mol. The maximum absolute atomic E-state index is 11.2. The van der Waals surface area contributed by atoms with Crippen molar-refractivity contribution in [1.29, 1.82) is 0 Å². The third kappa shape index (κ3) is 6.56. The Morgan fingerprint density at radius 1 is 0.882 bits per heavy atom. The minimum absolute atomic E-state index is 0.341. The highest BCUT2D eigenvalue weighted by Gasteiger charge is 2.10. The summed E-state index contributed by atoms with van der Waals surface area (Å²) in [6.45, 7) is 11.4. The monoisotopic (exact) mass is 240 g/mol. The minimum Gasteiger partial charge on any atom is -0.463 e. The third-order valence-corrected chi connectivity index (χ3v) is 2.09. The highest BCUT2D eigenvalue weighted by atomic mass is 16.5. The second kappa shape index (κ2) is 8.56. The van der Waals surface area contributed by atoms with Crippen LogP contribution in [0.15, 0.2) is 24.3 Å². The fourth-order valence-electron chi connectivity index (χ4n) is 1.19. The van der Waals surface area contributed by atoms with E-state index >= 15 is 0 Å². The van der Waals surface area contributed by atoms with E-state index in [0.29, 0.717) is 43.6 Å². The molecule has 17 heavy (non-hydrogen) atoms. The Balaban J connectivity index is 3.84. The molecule has 0 N–H and O–H groups in total. The first-order chi connectivity index (χ1) is 8.02. The van der Waals surface area contributed by atoms with E-state index in [9.17, 15) is 9.59 Å². The van der Waals surface area contributed by atoms with Crippen LogP contribution in [-0.4, -0.2) is 25.2 Å². The van der Waals surface area contributed by atoms with Gasteiger partial charge in [0.25, 0.3) is 0 Å². The summed E-state index contributed by atoms with van der Waals surface area (Å²) in [5.74, 6) is -0.761. The van der Waals surface area contributed by atoms with Gasteiger partial charge >= 0.3 is 11.9 Å². The fourth-order valence-corrected chi connectivity index (χ4v) is 1.19. The van der Waals surface area contributed by atoms with Crippen molar-refractivity contribution < 1.29 is 19.1 Å². The Bertz CT molecular complexity index is 275. The molecule has 0 aromatic heterocycles. The second-order valence-corrected chi connectivity index (χ2v) is 3.50. The number of ether oxygens (including phenoxy) is 2. The molecule has 0 fully saturated rings. The van der Waals surface area contributed by atoms with Gasteiger partial charge in [-0.05, 0) is 33.1 Å². The number of carbonyl (C=O) groups is 2. The Labute approximate surface area is 102 Å². The van der Waals surface area contributed by atoms with E-state index in [0.717, 1.165) is 0 Å². The zero-order valence-corrected chi connectivity index (χ0v) is 10.6. The van der Waals surface area contributed by atoms with Crippen LogP contribution in [0.1, 0.15) is 33.1 Å². The molecule has 0 aliphatic heterocycles. The number of carbonyl (C=O) groups excluding carboxylic acids is 2. The lowest BCUT2D eigenvalue weighted by Gasteiger charge is -2.06. The zero-order valence-electron chi connectivity index (χ0n) is 10.6. The molecular weight excluding hydrogens is 220 g/mol. The lowest BCUT2D eigenvalue weighted by atomic mass is 10.1. The van der Waals surface area contributed by atoms with E-state index in [4.69, 9.17) is 9.47 Å². The molecule has 0 atom stereocenters. The average Bonchev–Trinajstić information content (AvgIpc) is 2.29. The summed E-state index contributed by atoms with van der Waals surface area (Å²) in [5.41, 5.74) is 0.840. The fraction of sp³-hybridized carbons (Fsp3) is 0.538. The zero-order chi connectivity index (χ0) is 13.3. The standard InChI is InChI=1S/C13H20O4/c1-5-16-12(14)10(3)8-7-9-11(4)13(15)17-6-2/h3-9H2,1-2H3. The van der Waals surface area contributed by atoms with Gasteiger partial charge in [-0.1, -0.05) is 13.2 Å². The molecule has 0 radical (unpaired) electrons. The molecule has 0 aliphatic carbocycles. The summed E-state index contributed by atoms with van der Waals surface area (Å²) in [5, 5.41) is 0. The van der Waals surface area contributed by atoms with E-state index in [2.05, 4.69) is 13.2 Å². The molecule has 0 aromatic rings. The van der Waals surface area contributed by atoms with E-state index in [-0.39, 0.29) is 11.9 Å². The van der Waals surface area contributed by atoms with Crippen LogP contribution in [0.3, 0.4) is 0 Å². The van der Waals surface area contributed by atoms with Crippen molar-refractivity contribution in [2.45, 2.75) is 33.1 Å². The van der Waals surface area contributed by atoms with Crippen molar-refractivity contribution in [3.8, 4) is 0 Å². The van der Waals surface area contributed by atoms with Crippen molar-refractivity contribution in [3.63, 3.8) is 0 Å². The molecule has 0 aromatic carbocycles. The smallest absolute Gasteiger partial charge is 0.333 e. The van der Waals surface area contributed by atoms with Gasteiger partial charge in [0.15, 0.2) is 0 Å². The highest BCUT2D eigenvalue weighted by Crippen LogP contribution is 2.12. The topological polar surface area (TPSA) is 52.6 Å². The van der Waals surface area contributed by atoms with Crippen LogP contribution in [0.2, 0.25) is 0 Å². The first-order valence-electron chi connectivity index (χ1n) is 5.72. The second-order valence-electron chi connectivity index (χ2n) is 3.50. The molecule has 96 valence electrons. The van der Waals surface area contributed by atoms with Crippen LogP contribution in [0.25, 0.3) is 0 Å². The lowest BCUT2D eigenvalue weighted by molar-refractivity contribution is -0.139. The Morgan fingerprint density at radius 2 is 1.24 bits per heavy atom. The molecule has 0 amide bonds. The van der Waals surface area contributed by atoms with Gasteiger partial charge in [0.1, 0.15) is 0 Å². The Morgan fingerprint density at radius 3 is 1.53 bits per heavy atom. The first kappa shape index (κ1) is 15.4. The largest absolute Gasteiger partial charge is 0.463 e. The van der Waals surface area contributed by atoms with Crippen molar-refractivity contribution >= 4 is 11.9 Å². The van der Waals surface area contributed by atoms with Crippen molar-refractivity contribution in [1.82, 2.24) is 0 Å². The molecule has 4 nitrogen and oxygen atoms in total. The third-order valence-electron chi connectivity index (χ3n) is 2.09. The van der Waals surface area contributed by atoms with Crippen molar-refractivity contribution in [3.05, 3.63) is 24.3 Å². The summed E-state index contributed by atoms with van der Waals surface area (Å²) in [4.78, 5) is 22.4. The summed E-state index contributed by atoms with van der Waals surface area (Å²) >= 11 is 0. The van der Waals surface area contributed by atoms with Gasteiger partial charge in [0.2, 0.25) is 0 Å². The van der Waals surface area contributed by atoms with Crippen LogP contribution in [0.5, 0.6) is 0 Å². The Kier molecular flexibility index (Phi) is 7.76. The van der Waals surface area contributed by atoms with E-state index < -0.39 is 0 Å². The predicted molar refractivity (Wildman–Crippen MR) is 65.4 cm³/mol. The van der Waals surface area contributed by atoms with Gasteiger partial charge < -0.3 is 9.47 Å². The molecule has 0 rings (SSSR count). The van der Waals surface area contributed by atoms with Gasteiger partial charge in [0, 0.05) is 11.1 Å². The molecule has 0 saturated heterocycles. The Hall–Kier alpha value is -1.58. The first-order valence-corrected chi connectivity index (χ1v) is 5.72. The van der Waals surface area contributed by atoms with Crippen molar-refractivity contribution in [2.24, 2.45) is 0 Å². The van der Waals surface area contributed by atoms with Crippen LogP contribution < -0.4 is 0 Å². The van der Waals surface area contributed by atoms with E-state index in [1.54, 1.807) is 13.8 Å². The molecule has 0 saturated carbocycles. The molecule has 0 bridgehead atoms. The number of rotatable bonds is 8. The highest BCUT2D eigenvalue weighted by molar-refractivity contribution is 5.88. The van der Waals surface area contributed by atoms with Crippen molar-refractivity contribution in [2.75, 3.05) is 13.2 Å². The minimum atomic E-state index is -0.380. The molecule has 0 aliphatic rings. The molecule has 4 heteroatoms. The van der Waals surface area contributed by atoms with E-state index in [1.807, 2.05) is 0 Å². The SMILES string of the molecule is C=C(CCCC(=C)C(=O)OCC)C(=O)OCC. The van der Waals surface area contributed by atoms with Gasteiger partial charge in [-0.2, -0.15) is 0 Å². The van der Waals surface area contributed by atoms with E-state index in [1.165, 1.54) is 0 Å².